The molecule has 0 fully saturated rings. The van der Waals surface area contributed by atoms with Crippen molar-refractivity contribution in [1.29, 1.82) is 0 Å². The summed E-state index contributed by atoms with van der Waals surface area (Å²) in [4.78, 5) is 0. The van der Waals surface area contributed by atoms with Crippen LogP contribution in [0.1, 0.15) is 12.5 Å². The fourth-order valence-electron chi connectivity index (χ4n) is 1.38. The first kappa shape index (κ1) is 9.50. The summed E-state index contributed by atoms with van der Waals surface area (Å²) in [5.41, 5.74) is 1.37. The van der Waals surface area contributed by atoms with E-state index in [1.807, 2.05) is 6.07 Å². The Hall–Kier alpha value is -0.0500. The number of fused-ring (bicyclic) bond motifs is 1. The normalized spacial score (nSPS) is 11.0. The molecule has 3 heteroatoms. The molecular formula is C10H8BrClS. The molecule has 0 aliphatic rings. The summed E-state index contributed by atoms with van der Waals surface area (Å²) in [5, 5.41) is 4.27. The van der Waals surface area contributed by atoms with Crippen LogP contribution < -0.4 is 0 Å². The summed E-state index contributed by atoms with van der Waals surface area (Å²) in [7, 11) is 0. The molecule has 68 valence electrons. The van der Waals surface area contributed by atoms with Gasteiger partial charge in [0, 0.05) is 14.6 Å². The van der Waals surface area contributed by atoms with Gasteiger partial charge >= 0.3 is 0 Å². The third-order valence-electron chi connectivity index (χ3n) is 2.09. The van der Waals surface area contributed by atoms with Gasteiger partial charge in [-0.1, -0.05) is 18.5 Å². The van der Waals surface area contributed by atoms with E-state index in [4.69, 9.17) is 11.6 Å². The average molecular weight is 276 g/mol. The predicted octanol–water partition coefficient (Wildman–Crippen LogP) is 4.88. The molecule has 2 aromatic rings. The Labute approximate surface area is 94.7 Å². The molecule has 0 N–H and O–H groups in total. The number of halogens is 2. The maximum absolute atomic E-state index is 6.03. The van der Waals surface area contributed by atoms with E-state index in [-0.39, 0.29) is 0 Å². The monoisotopic (exact) mass is 274 g/mol. The van der Waals surface area contributed by atoms with Crippen LogP contribution in [0.25, 0.3) is 10.1 Å². The third kappa shape index (κ3) is 1.51. The van der Waals surface area contributed by atoms with Crippen LogP contribution in [-0.4, -0.2) is 0 Å². The SMILES string of the molecule is CCc1csc2ccc(Cl)c(Br)c12. The Morgan fingerprint density at radius 2 is 2.23 bits per heavy atom. The zero-order chi connectivity index (χ0) is 9.42. The Morgan fingerprint density at radius 3 is 2.92 bits per heavy atom. The van der Waals surface area contributed by atoms with Gasteiger partial charge in [-0.3, -0.25) is 0 Å². The third-order valence-corrected chi connectivity index (χ3v) is 4.45. The lowest BCUT2D eigenvalue weighted by Gasteiger charge is -1.99. The number of rotatable bonds is 1. The van der Waals surface area contributed by atoms with Crippen molar-refractivity contribution < 1.29 is 0 Å². The van der Waals surface area contributed by atoms with Gasteiger partial charge in [-0.05, 0) is 45.4 Å². The lowest BCUT2D eigenvalue weighted by molar-refractivity contribution is 1.17. The van der Waals surface area contributed by atoms with Crippen molar-refractivity contribution in [3.8, 4) is 0 Å². The highest BCUT2D eigenvalue weighted by Crippen LogP contribution is 2.36. The molecule has 13 heavy (non-hydrogen) atoms. The standard InChI is InChI=1S/C10H8BrClS/c1-2-6-5-13-8-4-3-7(12)10(11)9(6)8/h3-5H,2H2,1H3. The van der Waals surface area contributed by atoms with Crippen LogP contribution in [0.15, 0.2) is 22.0 Å². The molecule has 0 saturated heterocycles. The van der Waals surface area contributed by atoms with Crippen LogP contribution in [0.4, 0.5) is 0 Å². The van der Waals surface area contributed by atoms with E-state index < -0.39 is 0 Å². The van der Waals surface area contributed by atoms with Gasteiger partial charge in [-0.25, -0.2) is 0 Å². The Morgan fingerprint density at radius 1 is 1.46 bits per heavy atom. The van der Waals surface area contributed by atoms with Crippen LogP contribution in [0, 0.1) is 0 Å². The van der Waals surface area contributed by atoms with E-state index in [1.165, 1.54) is 15.6 Å². The maximum Gasteiger partial charge on any atom is 0.0555 e. The summed E-state index contributed by atoms with van der Waals surface area (Å²) < 4.78 is 2.33. The van der Waals surface area contributed by atoms with E-state index in [0.717, 1.165) is 15.9 Å². The molecule has 0 aliphatic carbocycles. The van der Waals surface area contributed by atoms with Gasteiger partial charge in [0.25, 0.3) is 0 Å². The molecule has 2 rings (SSSR count). The first-order valence-electron chi connectivity index (χ1n) is 4.08. The van der Waals surface area contributed by atoms with E-state index in [2.05, 4.69) is 34.3 Å². The smallest absolute Gasteiger partial charge is 0.0555 e. The highest BCUT2D eigenvalue weighted by atomic mass is 79.9. The van der Waals surface area contributed by atoms with E-state index in [1.54, 1.807) is 11.3 Å². The van der Waals surface area contributed by atoms with E-state index in [9.17, 15) is 0 Å². The minimum atomic E-state index is 0.792. The van der Waals surface area contributed by atoms with Gasteiger partial charge in [0.15, 0.2) is 0 Å². The summed E-state index contributed by atoms with van der Waals surface area (Å²) in [6.07, 6.45) is 1.05. The van der Waals surface area contributed by atoms with Gasteiger partial charge in [0.05, 0.1) is 5.02 Å². The van der Waals surface area contributed by atoms with Gasteiger partial charge in [-0.2, -0.15) is 0 Å². The maximum atomic E-state index is 6.03. The number of aryl methyl sites for hydroxylation is 1. The minimum absolute atomic E-state index is 0.792. The first-order chi connectivity index (χ1) is 6.24. The van der Waals surface area contributed by atoms with Crippen molar-refractivity contribution in [1.82, 2.24) is 0 Å². The molecule has 0 spiro atoms. The van der Waals surface area contributed by atoms with Crippen LogP contribution in [-0.2, 0) is 6.42 Å². The number of hydrogen-bond donors (Lipinski definition) is 0. The number of thiophene rings is 1. The van der Waals surface area contributed by atoms with Gasteiger partial charge in [0.2, 0.25) is 0 Å². The lowest BCUT2D eigenvalue weighted by atomic mass is 10.1. The Kier molecular flexibility index (Phi) is 2.63. The van der Waals surface area contributed by atoms with Crippen LogP contribution >= 0.6 is 38.9 Å². The molecule has 0 unspecified atom stereocenters. The molecule has 0 radical (unpaired) electrons. The second-order valence-electron chi connectivity index (χ2n) is 2.85. The fourth-order valence-corrected chi connectivity index (χ4v) is 3.32. The molecule has 1 aromatic heterocycles. The quantitative estimate of drug-likeness (QED) is 0.696. The molecular weight excluding hydrogens is 268 g/mol. The highest BCUT2D eigenvalue weighted by molar-refractivity contribution is 9.10. The van der Waals surface area contributed by atoms with Crippen molar-refractivity contribution in [2.24, 2.45) is 0 Å². The largest absolute Gasteiger partial charge is 0.143 e. The summed E-state index contributed by atoms with van der Waals surface area (Å²) in [6, 6.07) is 4.01. The number of benzene rings is 1. The second kappa shape index (κ2) is 3.60. The van der Waals surface area contributed by atoms with Gasteiger partial charge in [0.1, 0.15) is 0 Å². The summed E-state index contributed by atoms with van der Waals surface area (Å²) >= 11 is 11.3. The molecule has 1 heterocycles. The lowest BCUT2D eigenvalue weighted by Crippen LogP contribution is -1.77. The summed E-state index contributed by atoms with van der Waals surface area (Å²) in [6.45, 7) is 2.16. The minimum Gasteiger partial charge on any atom is -0.143 e. The zero-order valence-corrected chi connectivity index (χ0v) is 10.3. The molecule has 0 bridgehead atoms. The van der Waals surface area contributed by atoms with Crippen molar-refractivity contribution in [2.45, 2.75) is 13.3 Å². The van der Waals surface area contributed by atoms with Crippen LogP contribution in [0.5, 0.6) is 0 Å². The molecule has 0 nitrogen and oxygen atoms in total. The topological polar surface area (TPSA) is 0 Å². The van der Waals surface area contributed by atoms with E-state index in [0.29, 0.717) is 0 Å². The van der Waals surface area contributed by atoms with E-state index >= 15 is 0 Å². The molecule has 0 aliphatic heterocycles. The van der Waals surface area contributed by atoms with Crippen molar-refractivity contribution >= 4 is 49.0 Å². The number of hydrogen-bond acceptors (Lipinski definition) is 1. The van der Waals surface area contributed by atoms with Crippen LogP contribution in [0.2, 0.25) is 5.02 Å². The van der Waals surface area contributed by atoms with Gasteiger partial charge in [-0.15, -0.1) is 11.3 Å². The van der Waals surface area contributed by atoms with Crippen molar-refractivity contribution in [3.63, 3.8) is 0 Å². The zero-order valence-electron chi connectivity index (χ0n) is 7.10. The first-order valence-corrected chi connectivity index (χ1v) is 6.13. The second-order valence-corrected chi connectivity index (χ2v) is 4.96. The molecule has 0 amide bonds. The predicted molar refractivity (Wildman–Crippen MR) is 63.9 cm³/mol. The Balaban J connectivity index is 2.85. The summed E-state index contributed by atoms with van der Waals surface area (Å²) in [5.74, 6) is 0. The van der Waals surface area contributed by atoms with Crippen LogP contribution in [0.3, 0.4) is 0 Å². The molecule has 1 aromatic carbocycles. The van der Waals surface area contributed by atoms with Crippen molar-refractivity contribution in [3.05, 3.63) is 32.6 Å². The Bertz CT molecular complexity index is 447. The van der Waals surface area contributed by atoms with Gasteiger partial charge < -0.3 is 0 Å². The van der Waals surface area contributed by atoms with Crippen molar-refractivity contribution in [2.75, 3.05) is 0 Å². The molecule has 0 saturated carbocycles. The average Bonchev–Trinajstić information content (AvgIpc) is 2.55. The highest BCUT2D eigenvalue weighted by Gasteiger charge is 2.08. The molecule has 0 atom stereocenters. The fraction of sp³-hybridized carbons (Fsp3) is 0.200.